The summed E-state index contributed by atoms with van der Waals surface area (Å²) in [6.07, 6.45) is 5.06. The number of rotatable bonds is 16. The van der Waals surface area contributed by atoms with Crippen molar-refractivity contribution in [3.8, 4) is 0 Å². The number of ether oxygens (including phenoxy) is 2. The van der Waals surface area contributed by atoms with Crippen molar-refractivity contribution in [1.82, 2.24) is 0 Å². The molecule has 7 heteroatoms. The van der Waals surface area contributed by atoms with Crippen LogP contribution in [0.5, 0.6) is 0 Å². The van der Waals surface area contributed by atoms with E-state index in [4.69, 9.17) is 9.47 Å². The largest absolute Gasteiger partial charge is 0.458 e. The number of hydrogen-bond donors (Lipinski definition) is 0. The Morgan fingerprint density at radius 3 is 1.30 bits per heavy atom. The van der Waals surface area contributed by atoms with Crippen LogP contribution in [0.25, 0.3) is 0 Å². The summed E-state index contributed by atoms with van der Waals surface area (Å²) in [5.41, 5.74) is 4.22. The molecular weight excluding hydrogens is 488 g/mol. The zero-order valence-corrected chi connectivity index (χ0v) is 23.5. The van der Waals surface area contributed by atoms with Gasteiger partial charge >= 0.3 is 11.9 Å². The number of esters is 2. The zero-order chi connectivity index (χ0) is 27.3. The van der Waals surface area contributed by atoms with Crippen molar-refractivity contribution in [2.24, 2.45) is 0 Å². The Morgan fingerprint density at radius 1 is 0.622 bits per heavy atom. The van der Waals surface area contributed by atoms with E-state index in [0.29, 0.717) is 25.7 Å². The Kier molecular flexibility index (Phi) is 12.8. The van der Waals surface area contributed by atoms with Gasteiger partial charge < -0.3 is 9.47 Å². The minimum atomic E-state index is -3.11. The third-order valence-corrected chi connectivity index (χ3v) is 8.18. The van der Waals surface area contributed by atoms with E-state index in [1.165, 1.54) is 13.8 Å². The highest BCUT2D eigenvalue weighted by Gasteiger charge is 2.17. The van der Waals surface area contributed by atoms with Crippen molar-refractivity contribution in [1.29, 1.82) is 0 Å². The van der Waals surface area contributed by atoms with Crippen LogP contribution in [0.2, 0.25) is 0 Å². The average molecular weight is 531 g/mol. The van der Waals surface area contributed by atoms with Crippen LogP contribution in [0.15, 0.2) is 48.5 Å². The molecule has 2 rings (SSSR count). The van der Waals surface area contributed by atoms with Crippen LogP contribution in [-0.2, 0) is 28.9 Å². The highest BCUT2D eigenvalue weighted by molar-refractivity contribution is 7.91. The quantitative estimate of drug-likeness (QED) is 0.176. The van der Waals surface area contributed by atoms with Crippen LogP contribution < -0.4 is 0 Å². The summed E-state index contributed by atoms with van der Waals surface area (Å²) in [5, 5.41) is 0. The van der Waals surface area contributed by atoms with Gasteiger partial charge in [-0.1, -0.05) is 72.5 Å². The van der Waals surface area contributed by atoms with Crippen LogP contribution in [0, 0.1) is 13.8 Å². The maximum Gasteiger partial charge on any atom is 0.303 e. The first kappa shape index (κ1) is 30.6. The summed E-state index contributed by atoms with van der Waals surface area (Å²) in [7, 11) is -3.11. The monoisotopic (exact) mass is 530 g/mol. The molecule has 0 fully saturated rings. The molecule has 0 amide bonds. The van der Waals surface area contributed by atoms with Gasteiger partial charge in [0.05, 0.1) is 11.5 Å². The van der Waals surface area contributed by atoms with E-state index in [9.17, 15) is 18.0 Å². The van der Waals surface area contributed by atoms with E-state index >= 15 is 0 Å². The lowest BCUT2D eigenvalue weighted by Crippen LogP contribution is -2.12. The fraction of sp³-hybridized carbons (Fsp3) is 0.533. The second-order valence-electron chi connectivity index (χ2n) is 9.87. The van der Waals surface area contributed by atoms with Crippen LogP contribution in [0.3, 0.4) is 0 Å². The molecule has 0 spiro atoms. The Bertz CT molecular complexity index is 993. The standard InChI is InChI=1S/C30H42O6S/c1-23-13-17-27(18-14-23)29(35-25(3)31)11-7-5-9-21-37(33,34)22-10-6-8-12-30(36-26(4)32)28-19-15-24(2)16-20-28/h13-20,29-30H,5-12,21-22H2,1-4H3. The molecule has 0 aliphatic carbocycles. The van der Waals surface area contributed by atoms with Crippen molar-refractivity contribution in [3.63, 3.8) is 0 Å². The van der Waals surface area contributed by atoms with Crippen LogP contribution in [0.1, 0.15) is 99.7 Å². The first-order chi connectivity index (χ1) is 17.6. The minimum Gasteiger partial charge on any atom is -0.458 e. The van der Waals surface area contributed by atoms with Gasteiger partial charge in [-0.15, -0.1) is 0 Å². The molecule has 0 saturated heterocycles. The van der Waals surface area contributed by atoms with Gasteiger partial charge in [0.25, 0.3) is 0 Å². The first-order valence-electron chi connectivity index (χ1n) is 13.2. The Hall–Kier alpha value is -2.67. The van der Waals surface area contributed by atoms with Gasteiger partial charge in [0.2, 0.25) is 0 Å². The summed E-state index contributed by atoms with van der Waals surface area (Å²) >= 11 is 0. The summed E-state index contributed by atoms with van der Waals surface area (Å²) in [6, 6.07) is 15.9. The van der Waals surface area contributed by atoms with Gasteiger partial charge in [0, 0.05) is 13.8 Å². The predicted molar refractivity (Wildman–Crippen MR) is 147 cm³/mol. The molecule has 37 heavy (non-hydrogen) atoms. The van der Waals surface area contributed by atoms with Crippen molar-refractivity contribution < 1.29 is 27.5 Å². The van der Waals surface area contributed by atoms with E-state index in [1.807, 2.05) is 62.4 Å². The summed E-state index contributed by atoms with van der Waals surface area (Å²) in [6.45, 7) is 6.84. The topological polar surface area (TPSA) is 86.7 Å². The highest BCUT2D eigenvalue weighted by atomic mass is 32.2. The summed E-state index contributed by atoms with van der Waals surface area (Å²) < 4.78 is 35.9. The number of hydrogen-bond acceptors (Lipinski definition) is 6. The molecule has 2 unspecified atom stereocenters. The van der Waals surface area contributed by atoms with Gasteiger partial charge in [0.15, 0.2) is 0 Å². The number of carbonyl (C=O) groups is 2. The van der Waals surface area contributed by atoms with Gasteiger partial charge in [-0.25, -0.2) is 8.42 Å². The molecule has 0 aliphatic heterocycles. The normalized spacial score (nSPS) is 13.1. The van der Waals surface area contributed by atoms with E-state index in [-0.39, 0.29) is 35.7 Å². The average Bonchev–Trinajstić information content (AvgIpc) is 2.82. The number of aryl methyl sites for hydroxylation is 2. The van der Waals surface area contributed by atoms with Crippen molar-refractivity contribution in [2.45, 2.75) is 91.3 Å². The fourth-order valence-electron chi connectivity index (χ4n) is 4.31. The Labute approximate surface area is 222 Å². The lowest BCUT2D eigenvalue weighted by molar-refractivity contribution is -0.148. The molecule has 204 valence electrons. The van der Waals surface area contributed by atoms with Gasteiger partial charge in [0.1, 0.15) is 22.0 Å². The second kappa shape index (κ2) is 15.6. The Morgan fingerprint density at radius 2 is 0.973 bits per heavy atom. The van der Waals surface area contributed by atoms with Gasteiger partial charge in [-0.3, -0.25) is 9.59 Å². The first-order valence-corrected chi connectivity index (χ1v) is 15.1. The minimum absolute atomic E-state index is 0.176. The smallest absolute Gasteiger partial charge is 0.303 e. The lowest BCUT2D eigenvalue weighted by atomic mass is 10.0. The molecule has 2 aromatic carbocycles. The number of benzene rings is 2. The molecule has 2 atom stereocenters. The summed E-state index contributed by atoms with van der Waals surface area (Å²) in [4.78, 5) is 23.0. The fourth-order valence-corrected chi connectivity index (χ4v) is 5.80. The molecule has 0 aliphatic rings. The van der Waals surface area contributed by atoms with Crippen LogP contribution in [0.4, 0.5) is 0 Å². The maximum atomic E-state index is 12.5. The van der Waals surface area contributed by atoms with E-state index in [1.54, 1.807) is 0 Å². The van der Waals surface area contributed by atoms with Crippen molar-refractivity contribution in [3.05, 3.63) is 70.8 Å². The van der Waals surface area contributed by atoms with Crippen molar-refractivity contribution in [2.75, 3.05) is 11.5 Å². The zero-order valence-electron chi connectivity index (χ0n) is 22.7. The molecule has 0 N–H and O–H groups in total. The van der Waals surface area contributed by atoms with Crippen molar-refractivity contribution >= 4 is 21.8 Å². The molecule has 0 heterocycles. The highest BCUT2D eigenvalue weighted by Crippen LogP contribution is 2.26. The Balaban J connectivity index is 1.68. The van der Waals surface area contributed by atoms with Gasteiger partial charge in [-0.05, 0) is 63.5 Å². The SMILES string of the molecule is CC(=O)OC(CCCCCS(=O)(=O)CCCCCC(OC(C)=O)c1ccc(C)cc1)c1ccc(C)cc1. The van der Waals surface area contributed by atoms with E-state index in [2.05, 4.69) is 0 Å². The van der Waals surface area contributed by atoms with Crippen LogP contribution >= 0.6 is 0 Å². The summed E-state index contributed by atoms with van der Waals surface area (Å²) in [5.74, 6) is -0.276. The number of sulfone groups is 1. The maximum absolute atomic E-state index is 12.5. The molecule has 0 bridgehead atoms. The second-order valence-corrected chi connectivity index (χ2v) is 12.2. The third-order valence-electron chi connectivity index (χ3n) is 6.36. The predicted octanol–water partition coefficient (Wildman–Crippen LogP) is 6.75. The number of carbonyl (C=O) groups excluding carboxylic acids is 2. The lowest BCUT2D eigenvalue weighted by Gasteiger charge is -2.18. The molecular formula is C30H42O6S. The molecule has 6 nitrogen and oxygen atoms in total. The molecule has 2 aromatic rings. The van der Waals surface area contributed by atoms with Crippen LogP contribution in [-0.4, -0.2) is 31.9 Å². The third kappa shape index (κ3) is 12.4. The van der Waals surface area contributed by atoms with E-state index in [0.717, 1.165) is 47.9 Å². The van der Waals surface area contributed by atoms with Gasteiger partial charge in [-0.2, -0.15) is 0 Å². The molecule has 0 radical (unpaired) electrons. The molecule has 0 saturated carbocycles. The molecule has 0 aromatic heterocycles. The van der Waals surface area contributed by atoms with E-state index < -0.39 is 9.84 Å². The number of unbranched alkanes of at least 4 members (excludes halogenated alkanes) is 4.